The predicted octanol–water partition coefficient (Wildman–Crippen LogP) is 4.05. The Morgan fingerprint density at radius 3 is 2.70 bits per heavy atom. The third-order valence-electron chi connectivity index (χ3n) is 2.63. The Labute approximate surface area is 114 Å². The Morgan fingerprint density at radius 1 is 1.30 bits per heavy atom. The first-order chi connectivity index (χ1) is 9.52. The van der Waals surface area contributed by atoms with Gasteiger partial charge < -0.3 is 4.74 Å². The quantitative estimate of drug-likeness (QED) is 0.663. The number of ether oxygens (including phenoxy) is 1. The number of hydrogen-bond acceptors (Lipinski definition) is 2. The van der Waals surface area contributed by atoms with Crippen molar-refractivity contribution in [3.05, 3.63) is 48.7 Å². The molecule has 3 nitrogen and oxygen atoms in total. The van der Waals surface area contributed by atoms with E-state index >= 15 is 0 Å². The van der Waals surface area contributed by atoms with Crippen molar-refractivity contribution < 1.29 is 17.9 Å². The van der Waals surface area contributed by atoms with Crippen LogP contribution in [0, 0.1) is 0 Å². The monoisotopic (exact) mass is 282 g/mol. The molecule has 1 aromatic carbocycles. The summed E-state index contributed by atoms with van der Waals surface area (Å²) >= 11 is 0. The van der Waals surface area contributed by atoms with Gasteiger partial charge in [0.2, 0.25) is 0 Å². The van der Waals surface area contributed by atoms with Crippen molar-refractivity contribution >= 4 is 0 Å². The van der Waals surface area contributed by atoms with Crippen LogP contribution in [0.5, 0.6) is 5.75 Å². The summed E-state index contributed by atoms with van der Waals surface area (Å²) in [6.07, 6.45) is -2.08. The molecule has 0 aliphatic carbocycles. The van der Waals surface area contributed by atoms with Gasteiger partial charge in [-0.3, -0.25) is 5.10 Å². The number of H-pyrrole nitrogens is 1. The van der Waals surface area contributed by atoms with Crippen LogP contribution < -0.4 is 4.74 Å². The smallest absolute Gasteiger partial charge is 0.432 e. The molecule has 1 N–H and O–H groups in total. The lowest BCUT2D eigenvalue weighted by Gasteiger charge is -2.08. The summed E-state index contributed by atoms with van der Waals surface area (Å²) < 4.78 is 43.2. The van der Waals surface area contributed by atoms with E-state index in [1.54, 1.807) is 30.3 Å². The molecule has 0 aliphatic rings. The van der Waals surface area contributed by atoms with Crippen molar-refractivity contribution in [1.82, 2.24) is 10.2 Å². The van der Waals surface area contributed by atoms with Crippen LogP contribution in [0.2, 0.25) is 0 Å². The van der Waals surface area contributed by atoms with Gasteiger partial charge in [-0.25, -0.2) is 0 Å². The van der Waals surface area contributed by atoms with Crippen molar-refractivity contribution in [2.75, 3.05) is 6.61 Å². The maximum absolute atomic E-state index is 12.6. The highest BCUT2D eigenvalue weighted by Gasteiger charge is 2.33. The van der Waals surface area contributed by atoms with Crippen LogP contribution in [0.15, 0.2) is 43.0 Å². The van der Waals surface area contributed by atoms with E-state index in [4.69, 9.17) is 4.74 Å². The molecule has 0 amide bonds. The Bertz CT molecular complexity index is 590. The summed E-state index contributed by atoms with van der Waals surface area (Å²) in [5.74, 6) is 0.495. The van der Waals surface area contributed by atoms with E-state index in [-0.39, 0.29) is 5.69 Å². The lowest BCUT2D eigenvalue weighted by Crippen LogP contribution is -2.04. The highest BCUT2D eigenvalue weighted by Crippen LogP contribution is 2.33. The van der Waals surface area contributed by atoms with Crippen LogP contribution in [0.3, 0.4) is 0 Å². The fourth-order valence-electron chi connectivity index (χ4n) is 1.66. The standard InChI is InChI=1S/C14H13F3N2O/c1-2-3-8-20-12-7-5-4-6-10(12)11-9-13(19-18-11)14(15,16)17/h2,4-7,9H,1,3,8H2,(H,18,19). The average Bonchev–Trinajstić information content (AvgIpc) is 2.89. The largest absolute Gasteiger partial charge is 0.493 e. The van der Waals surface area contributed by atoms with Gasteiger partial charge in [-0.05, 0) is 24.6 Å². The minimum atomic E-state index is -4.44. The average molecular weight is 282 g/mol. The van der Waals surface area contributed by atoms with Gasteiger partial charge in [-0.1, -0.05) is 18.2 Å². The molecular formula is C14H13F3N2O. The maximum Gasteiger partial charge on any atom is 0.432 e. The Morgan fingerprint density at radius 2 is 2.05 bits per heavy atom. The number of benzene rings is 1. The van der Waals surface area contributed by atoms with Gasteiger partial charge in [-0.2, -0.15) is 18.3 Å². The first-order valence-corrected chi connectivity index (χ1v) is 5.98. The SMILES string of the molecule is C=CCCOc1ccccc1-c1cc(C(F)(F)F)[nH]n1. The zero-order valence-corrected chi connectivity index (χ0v) is 10.6. The predicted molar refractivity (Wildman–Crippen MR) is 69.3 cm³/mol. The number of nitrogens with one attached hydrogen (secondary N) is 1. The molecule has 0 saturated heterocycles. The molecule has 0 spiro atoms. The fourth-order valence-corrected chi connectivity index (χ4v) is 1.66. The Hall–Kier alpha value is -2.24. The number of para-hydroxylation sites is 1. The van der Waals surface area contributed by atoms with Crippen LogP contribution in [-0.4, -0.2) is 16.8 Å². The van der Waals surface area contributed by atoms with Gasteiger partial charge in [0, 0.05) is 5.56 Å². The lowest BCUT2D eigenvalue weighted by atomic mass is 10.1. The third-order valence-corrected chi connectivity index (χ3v) is 2.63. The van der Waals surface area contributed by atoms with Crippen LogP contribution in [0.4, 0.5) is 13.2 Å². The topological polar surface area (TPSA) is 37.9 Å². The van der Waals surface area contributed by atoms with E-state index < -0.39 is 11.9 Å². The normalized spacial score (nSPS) is 11.3. The van der Waals surface area contributed by atoms with E-state index in [9.17, 15) is 13.2 Å². The molecule has 1 aromatic heterocycles. The van der Waals surface area contributed by atoms with Crippen molar-refractivity contribution in [2.24, 2.45) is 0 Å². The van der Waals surface area contributed by atoms with E-state index in [1.807, 2.05) is 5.10 Å². The Kier molecular flexibility index (Phi) is 4.12. The van der Waals surface area contributed by atoms with E-state index in [0.717, 1.165) is 6.07 Å². The molecule has 6 heteroatoms. The second-order valence-electron chi connectivity index (χ2n) is 4.09. The minimum absolute atomic E-state index is 0.200. The van der Waals surface area contributed by atoms with E-state index in [1.165, 1.54) is 0 Å². The molecule has 1 heterocycles. The molecular weight excluding hydrogens is 269 g/mol. The highest BCUT2D eigenvalue weighted by atomic mass is 19.4. The molecule has 0 radical (unpaired) electrons. The second-order valence-corrected chi connectivity index (χ2v) is 4.09. The number of alkyl halides is 3. The van der Waals surface area contributed by atoms with Crippen molar-refractivity contribution in [1.29, 1.82) is 0 Å². The zero-order valence-electron chi connectivity index (χ0n) is 10.6. The molecule has 2 aromatic rings. The first-order valence-electron chi connectivity index (χ1n) is 5.98. The summed E-state index contributed by atoms with van der Waals surface area (Å²) in [4.78, 5) is 0. The summed E-state index contributed by atoms with van der Waals surface area (Å²) in [6, 6.07) is 7.80. The molecule has 20 heavy (non-hydrogen) atoms. The van der Waals surface area contributed by atoms with Gasteiger partial charge in [0.25, 0.3) is 0 Å². The van der Waals surface area contributed by atoms with Crippen LogP contribution in [0.1, 0.15) is 12.1 Å². The molecule has 0 unspecified atom stereocenters. The molecule has 0 atom stereocenters. The Balaban J connectivity index is 2.28. The van der Waals surface area contributed by atoms with Gasteiger partial charge in [-0.15, -0.1) is 6.58 Å². The van der Waals surface area contributed by atoms with E-state index in [0.29, 0.717) is 24.3 Å². The number of halogens is 3. The number of hydrogen-bond donors (Lipinski definition) is 1. The van der Waals surface area contributed by atoms with E-state index in [2.05, 4.69) is 11.7 Å². The second kappa shape index (κ2) is 5.81. The summed E-state index contributed by atoms with van der Waals surface area (Å²) in [5, 5.41) is 5.69. The van der Waals surface area contributed by atoms with Crippen LogP contribution in [-0.2, 0) is 6.18 Å². The van der Waals surface area contributed by atoms with Crippen LogP contribution in [0.25, 0.3) is 11.3 Å². The summed E-state index contributed by atoms with van der Waals surface area (Å²) in [7, 11) is 0. The number of aromatic amines is 1. The molecule has 2 rings (SSSR count). The van der Waals surface area contributed by atoms with Gasteiger partial charge in [0.15, 0.2) is 0 Å². The minimum Gasteiger partial charge on any atom is -0.493 e. The third kappa shape index (κ3) is 3.20. The van der Waals surface area contributed by atoms with Crippen LogP contribution >= 0.6 is 0 Å². The molecule has 106 valence electrons. The molecule has 0 saturated carbocycles. The maximum atomic E-state index is 12.6. The van der Waals surface area contributed by atoms with Crippen molar-refractivity contribution in [3.63, 3.8) is 0 Å². The highest BCUT2D eigenvalue weighted by molar-refractivity contribution is 5.67. The number of aromatic nitrogens is 2. The molecule has 0 fully saturated rings. The zero-order chi connectivity index (χ0) is 14.6. The summed E-state index contributed by atoms with van der Waals surface area (Å²) in [5.41, 5.74) is -0.164. The summed E-state index contributed by atoms with van der Waals surface area (Å²) in [6.45, 7) is 3.99. The van der Waals surface area contributed by atoms with Gasteiger partial charge in [0.05, 0.1) is 12.3 Å². The van der Waals surface area contributed by atoms with Crippen molar-refractivity contribution in [2.45, 2.75) is 12.6 Å². The first kappa shape index (κ1) is 14.2. The van der Waals surface area contributed by atoms with Gasteiger partial charge >= 0.3 is 6.18 Å². The number of rotatable bonds is 5. The molecule has 0 aliphatic heterocycles. The van der Waals surface area contributed by atoms with Gasteiger partial charge in [0.1, 0.15) is 11.4 Å². The number of nitrogens with zero attached hydrogens (tertiary/aromatic N) is 1. The lowest BCUT2D eigenvalue weighted by molar-refractivity contribution is -0.141. The van der Waals surface area contributed by atoms with Crippen molar-refractivity contribution in [3.8, 4) is 17.0 Å². The fraction of sp³-hybridized carbons (Fsp3) is 0.214. The molecule has 0 bridgehead atoms.